The van der Waals surface area contributed by atoms with E-state index in [1.54, 1.807) is 0 Å². The zero-order valence-corrected chi connectivity index (χ0v) is 13.3. The lowest BCUT2D eigenvalue weighted by Crippen LogP contribution is -2.50. The quantitative estimate of drug-likeness (QED) is 0.873. The van der Waals surface area contributed by atoms with E-state index in [0.29, 0.717) is 12.0 Å². The van der Waals surface area contributed by atoms with Crippen LogP contribution in [0.1, 0.15) is 44.1 Å². The Balaban J connectivity index is 1.48. The topological polar surface area (TPSA) is 39.9 Å². The third-order valence-electron chi connectivity index (χ3n) is 5.14. The fourth-order valence-electron chi connectivity index (χ4n) is 3.41. The van der Waals surface area contributed by atoms with Gasteiger partial charge in [0, 0.05) is 38.1 Å². The molecule has 4 heteroatoms. The van der Waals surface area contributed by atoms with Gasteiger partial charge in [-0.05, 0) is 30.9 Å². The van der Waals surface area contributed by atoms with Gasteiger partial charge in [-0.15, -0.1) is 0 Å². The molecule has 1 aliphatic heterocycles. The highest BCUT2D eigenvalue weighted by Crippen LogP contribution is 2.47. The summed E-state index contributed by atoms with van der Waals surface area (Å²) in [6.45, 7) is 9.85. The van der Waals surface area contributed by atoms with Crippen LogP contribution in [0.3, 0.4) is 0 Å². The van der Waals surface area contributed by atoms with Crippen LogP contribution in [0.25, 0.3) is 0 Å². The minimum atomic E-state index is 0.275. The first-order chi connectivity index (χ1) is 10.2. The fourth-order valence-corrected chi connectivity index (χ4v) is 3.41. The standard InChI is InChI=1S/C17H28N2O2/c1-3-14(12-20)19-8-6-18(7-9-19)11-15-4-5-17(21-15)16-10-13(16)2/h4-5,13-14,16,20H,3,6-12H2,1-2H3. The number of furan rings is 1. The molecule has 0 bridgehead atoms. The molecule has 2 aliphatic rings. The summed E-state index contributed by atoms with van der Waals surface area (Å²) in [7, 11) is 0. The summed E-state index contributed by atoms with van der Waals surface area (Å²) in [4.78, 5) is 4.87. The second-order valence-electron chi connectivity index (χ2n) is 6.68. The Morgan fingerprint density at radius 2 is 2.00 bits per heavy atom. The number of nitrogens with zero attached hydrogens (tertiary/aromatic N) is 2. The van der Waals surface area contributed by atoms with E-state index >= 15 is 0 Å². The minimum absolute atomic E-state index is 0.275. The van der Waals surface area contributed by atoms with Gasteiger partial charge >= 0.3 is 0 Å². The second kappa shape index (κ2) is 6.51. The third kappa shape index (κ3) is 3.50. The zero-order valence-electron chi connectivity index (χ0n) is 13.3. The van der Waals surface area contributed by atoms with Crippen molar-refractivity contribution in [3.8, 4) is 0 Å². The number of aliphatic hydroxyl groups excluding tert-OH is 1. The maximum atomic E-state index is 9.39. The molecular formula is C17H28N2O2. The predicted molar refractivity (Wildman–Crippen MR) is 83.2 cm³/mol. The van der Waals surface area contributed by atoms with E-state index < -0.39 is 0 Å². The van der Waals surface area contributed by atoms with Gasteiger partial charge in [0.2, 0.25) is 0 Å². The molecule has 21 heavy (non-hydrogen) atoms. The van der Waals surface area contributed by atoms with Crippen molar-refractivity contribution in [1.29, 1.82) is 0 Å². The number of aliphatic hydroxyl groups is 1. The largest absolute Gasteiger partial charge is 0.464 e. The zero-order chi connectivity index (χ0) is 14.8. The summed E-state index contributed by atoms with van der Waals surface area (Å²) in [6, 6.07) is 4.65. The Kier molecular flexibility index (Phi) is 4.67. The lowest BCUT2D eigenvalue weighted by molar-refractivity contribution is 0.0581. The highest BCUT2D eigenvalue weighted by molar-refractivity contribution is 5.17. The Morgan fingerprint density at radius 1 is 1.29 bits per heavy atom. The maximum absolute atomic E-state index is 9.39. The normalized spacial score (nSPS) is 28.7. The molecule has 0 spiro atoms. The van der Waals surface area contributed by atoms with Crippen molar-refractivity contribution >= 4 is 0 Å². The summed E-state index contributed by atoms with van der Waals surface area (Å²) >= 11 is 0. The Bertz CT molecular complexity index is 447. The van der Waals surface area contributed by atoms with E-state index in [0.717, 1.165) is 50.8 Å². The van der Waals surface area contributed by atoms with Gasteiger partial charge in [0.05, 0.1) is 13.2 Å². The summed E-state index contributed by atoms with van der Waals surface area (Å²) in [5.41, 5.74) is 0. The number of piperazine rings is 1. The molecule has 0 radical (unpaired) electrons. The highest BCUT2D eigenvalue weighted by atomic mass is 16.3. The van der Waals surface area contributed by atoms with Gasteiger partial charge in [0.15, 0.2) is 0 Å². The SMILES string of the molecule is CCC(CO)N1CCN(Cc2ccc(C3CC3C)o2)CC1. The molecule has 0 amide bonds. The molecule has 118 valence electrons. The molecule has 4 nitrogen and oxygen atoms in total. The van der Waals surface area contributed by atoms with E-state index in [4.69, 9.17) is 4.42 Å². The molecule has 3 atom stereocenters. The fraction of sp³-hybridized carbons (Fsp3) is 0.765. The Morgan fingerprint density at radius 3 is 2.57 bits per heavy atom. The van der Waals surface area contributed by atoms with Gasteiger partial charge in [-0.2, -0.15) is 0 Å². The van der Waals surface area contributed by atoms with Crippen molar-refractivity contribution in [2.24, 2.45) is 5.92 Å². The lowest BCUT2D eigenvalue weighted by Gasteiger charge is -2.38. The summed E-state index contributed by atoms with van der Waals surface area (Å²) in [5, 5.41) is 9.39. The van der Waals surface area contributed by atoms with Crippen molar-refractivity contribution in [3.05, 3.63) is 23.7 Å². The van der Waals surface area contributed by atoms with Crippen LogP contribution in [0.15, 0.2) is 16.5 Å². The molecule has 1 aromatic rings. The van der Waals surface area contributed by atoms with Crippen LogP contribution in [0, 0.1) is 5.92 Å². The number of hydrogen-bond acceptors (Lipinski definition) is 4. The molecule has 3 unspecified atom stereocenters. The Hall–Kier alpha value is -0.840. The highest BCUT2D eigenvalue weighted by Gasteiger charge is 2.36. The molecular weight excluding hydrogens is 264 g/mol. The molecule has 1 saturated carbocycles. The monoisotopic (exact) mass is 292 g/mol. The summed E-state index contributed by atoms with van der Waals surface area (Å²) in [6.07, 6.45) is 2.31. The molecule has 1 saturated heterocycles. The van der Waals surface area contributed by atoms with Crippen molar-refractivity contribution in [2.45, 2.75) is 45.2 Å². The van der Waals surface area contributed by atoms with E-state index in [1.165, 1.54) is 12.2 Å². The molecule has 3 rings (SSSR count). The first kappa shape index (κ1) is 15.1. The predicted octanol–water partition coefficient (Wildman–Crippen LogP) is 2.29. The van der Waals surface area contributed by atoms with Crippen LogP contribution in [-0.2, 0) is 6.54 Å². The van der Waals surface area contributed by atoms with Crippen molar-refractivity contribution in [1.82, 2.24) is 9.80 Å². The minimum Gasteiger partial charge on any atom is -0.464 e. The molecule has 1 aliphatic carbocycles. The van der Waals surface area contributed by atoms with Crippen molar-refractivity contribution in [2.75, 3.05) is 32.8 Å². The van der Waals surface area contributed by atoms with Crippen molar-refractivity contribution in [3.63, 3.8) is 0 Å². The molecule has 0 aromatic carbocycles. The average Bonchev–Trinajstić information content (AvgIpc) is 3.05. The third-order valence-corrected chi connectivity index (χ3v) is 5.14. The lowest BCUT2D eigenvalue weighted by atomic mass is 10.1. The van der Waals surface area contributed by atoms with Crippen LogP contribution in [-0.4, -0.2) is 53.7 Å². The molecule has 1 N–H and O–H groups in total. The number of rotatable bonds is 6. The van der Waals surface area contributed by atoms with Crippen molar-refractivity contribution < 1.29 is 9.52 Å². The molecule has 1 aromatic heterocycles. The van der Waals surface area contributed by atoms with Gasteiger partial charge in [-0.3, -0.25) is 9.80 Å². The van der Waals surface area contributed by atoms with Crippen LogP contribution >= 0.6 is 0 Å². The first-order valence-electron chi connectivity index (χ1n) is 8.37. The van der Waals surface area contributed by atoms with Gasteiger partial charge in [0.1, 0.15) is 11.5 Å². The van der Waals surface area contributed by atoms with E-state index in [-0.39, 0.29) is 6.61 Å². The Labute approximate surface area is 127 Å². The molecule has 2 heterocycles. The van der Waals surface area contributed by atoms with Gasteiger partial charge in [-0.25, -0.2) is 0 Å². The van der Waals surface area contributed by atoms with Crippen LogP contribution < -0.4 is 0 Å². The maximum Gasteiger partial charge on any atom is 0.118 e. The van der Waals surface area contributed by atoms with Gasteiger partial charge < -0.3 is 9.52 Å². The van der Waals surface area contributed by atoms with Crippen LogP contribution in [0.2, 0.25) is 0 Å². The first-order valence-corrected chi connectivity index (χ1v) is 8.37. The van der Waals surface area contributed by atoms with Crippen LogP contribution in [0.4, 0.5) is 0 Å². The van der Waals surface area contributed by atoms with Gasteiger partial charge in [0.25, 0.3) is 0 Å². The summed E-state index contributed by atoms with van der Waals surface area (Å²) in [5.74, 6) is 3.76. The van der Waals surface area contributed by atoms with E-state index in [9.17, 15) is 5.11 Å². The molecule has 2 fully saturated rings. The van der Waals surface area contributed by atoms with Gasteiger partial charge in [-0.1, -0.05) is 13.8 Å². The van der Waals surface area contributed by atoms with E-state index in [2.05, 4.69) is 35.8 Å². The number of hydrogen-bond donors (Lipinski definition) is 1. The second-order valence-corrected chi connectivity index (χ2v) is 6.68. The van der Waals surface area contributed by atoms with Crippen LogP contribution in [0.5, 0.6) is 0 Å². The summed E-state index contributed by atoms with van der Waals surface area (Å²) < 4.78 is 6.00. The van der Waals surface area contributed by atoms with E-state index in [1.807, 2.05) is 0 Å². The smallest absolute Gasteiger partial charge is 0.118 e. The average molecular weight is 292 g/mol.